The molecule has 0 amide bonds. The van der Waals surface area contributed by atoms with E-state index >= 15 is 0 Å². The van der Waals surface area contributed by atoms with Crippen LogP contribution in [0.5, 0.6) is 0 Å². The van der Waals surface area contributed by atoms with Gasteiger partial charge in [-0.1, -0.05) is 0 Å². The van der Waals surface area contributed by atoms with Crippen LogP contribution < -0.4 is 42.8 Å². The van der Waals surface area contributed by atoms with Crippen LogP contribution in [0.25, 0.3) is 0 Å². The Morgan fingerprint density at radius 1 is 1.36 bits per heavy atom. The van der Waals surface area contributed by atoms with Crippen molar-refractivity contribution < 1.29 is 56.4 Å². The summed E-state index contributed by atoms with van der Waals surface area (Å²) in [6.45, 7) is 6.88. The van der Waals surface area contributed by atoms with Crippen molar-refractivity contribution in [3.8, 4) is 0 Å². The fourth-order valence-corrected chi connectivity index (χ4v) is 1.94. The Labute approximate surface area is 109 Å². The maximum Gasteiger partial charge on any atom is 1.00 e. The predicted molar refractivity (Wildman–Crippen MR) is 44.3 cm³/mol. The van der Waals surface area contributed by atoms with Crippen molar-refractivity contribution >= 4 is 7.60 Å². The van der Waals surface area contributed by atoms with E-state index in [1.165, 1.54) is 0 Å². The van der Waals surface area contributed by atoms with Crippen LogP contribution in [0.2, 0.25) is 0 Å². The van der Waals surface area contributed by atoms with Gasteiger partial charge in [0.2, 0.25) is 0 Å². The molecule has 0 radical (unpaired) electrons. The topological polar surface area (TPSA) is 58.6 Å². The molecule has 0 aliphatic rings. The van der Waals surface area contributed by atoms with Crippen LogP contribution in [0.4, 0.5) is 0 Å². The molecular formula is C7H13Li2O4P. The second kappa shape index (κ2) is 10.3. The number of rotatable bonds is 5. The average molecular weight is 206 g/mol. The van der Waals surface area contributed by atoms with Crippen molar-refractivity contribution in [2.24, 2.45) is 0 Å². The van der Waals surface area contributed by atoms with Crippen LogP contribution in [-0.2, 0) is 13.6 Å². The Kier molecular flexibility index (Phi) is 14.8. The Balaban J connectivity index is -0.000000605. The van der Waals surface area contributed by atoms with Gasteiger partial charge < -0.3 is 14.2 Å². The van der Waals surface area contributed by atoms with E-state index in [1.54, 1.807) is 13.8 Å². The number of allylic oxidation sites excluding steroid dienone is 1. The zero-order valence-corrected chi connectivity index (χ0v) is 10.2. The Morgan fingerprint density at radius 3 is 1.93 bits per heavy atom. The average Bonchev–Trinajstić information content (AvgIpc) is 1.85. The molecule has 72 valence electrons. The maximum atomic E-state index is 11.5. The molecule has 0 rings (SSSR count). The molecule has 0 atom stereocenters. The maximum absolute atomic E-state index is 11.5. The third-order valence-corrected chi connectivity index (χ3v) is 2.76. The molecule has 0 aromatic carbocycles. The molecule has 0 aromatic heterocycles. The smallest absolute Gasteiger partial charge is 0.899 e. The summed E-state index contributed by atoms with van der Waals surface area (Å²) < 4.78 is 21.1. The third kappa shape index (κ3) is 9.32. The van der Waals surface area contributed by atoms with E-state index in [-0.39, 0.29) is 50.9 Å². The molecule has 14 heavy (non-hydrogen) atoms. The van der Waals surface area contributed by atoms with Gasteiger partial charge in [-0.05, 0) is 13.8 Å². The van der Waals surface area contributed by atoms with Crippen LogP contribution >= 0.6 is 7.60 Å². The molecule has 0 bridgehead atoms. The van der Waals surface area contributed by atoms with Gasteiger partial charge in [0.25, 0.3) is 7.60 Å². The largest absolute Gasteiger partial charge is 1.00 e. The summed E-state index contributed by atoms with van der Waals surface area (Å²) in [6.07, 6.45) is 0. The fraction of sp³-hybridized carbons (Fsp3) is 0.571. The first-order valence-electron chi connectivity index (χ1n) is 3.64. The van der Waals surface area contributed by atoms with Crippen molar-refractivity contribution in [3.05, 3.63) is 18.5 Å². The third-order valence-electron chi connectivity index (χ3n) is 0.920. The first-order chi connectivity index (χ1) is 5.54. The van der Waals surface area contributed by atoms with Gasteiger partial charge in [-0.2, -0.15) is 0 Å². The van der Waals surface area contributed by atoms with Crippen molar-refractivity contribution in [2.75, 3.05) is 13.2 Å². The molecule has 0 aliphatic carbocycles. The minimum atomic E-state index is -3.31. The molecular weight excluding hydrogens is 193 g/mol. The minimum absolute atomic E-state index is 0. The predicted octanol–water partition coefficient (Wildman–Crippen LogP) is -4.70. The van der Waals surface area contributed by atoms with E-state index in [2.05, 4.69) is 6.92 Å². The molecule has 7 heteroatoms. The van der Waals surface area contributed by atoms with E-state index in [0.717, 1.165) is 5.82 Å². The molecule has 0 aliphatic heterocycles. The Bertz CT molecular complexity index is 194. The van der Waals surface area contributed by atoms with E-state index in [1.807, 2.05) is 0 Å². The summed E-state index contributed by atoms with van der Waals surface area (Å²) in [6, 6.07) is 0. The van der Waals surface area contributed by atoms with Gasteiger partial charge in [0.1, 0.15) is 0 Å². The van der Waals surface area contributed by atoms with Crippen LogP contribution in [0.15, 0.2) is 11.6 Å². The molecule has 0 heterocycles. The quantitative estimate of drug-likeness (QED) is 0.196. The van der Waals surface area contributed by atoms with E-state index in [4.69, 9.17) is 9.05 Å². The van der Waals surface area contributed by atoms with Gasteiger partial charge in [-0.15, -0.1) is 5.82 Å². The van der Waals surface area contributed by atoms with Gasteiger partial charge in [0, 0.05) is 0 Å². The van der Waals surface area contributed by atoms with Crippen molar-refractivity contribution in [1.29, 1.82) is 0 Å². The summed E-state index contributed by atoms with van der Waals surface area (Å²) in [5, 5.41) is 10.5. The van der Waals surface area contributed by atoms with Crippen LogP contribution in [-0.4, -0.2) is 13.2 Å². The van der Waals surface area contributed by atoms with Crippen LogP contribution in [0.1, 0.15) is 13.8 Å². The molecule has 0 saturated carbocycles. The summed E-state index contributed by atoms with van der Waals surface area (Å²) >= 11 is 0. The number of hydrogen-bond donors (Lipinski definition) is 0. The molecule has 0 spiro atoms. The van der Waals surface area contributed by atoms with Crippen molar-refractivity contribution in [2.45, 2.75) is 13.8 Å². The van der Waals surface area contributed by atoms with Gasteiger partial charge in [-0.3, -0.25) is 17.2 Å². The fourth-order valence-electron chi connectivity index (χ4n) is 0.648. The molecule has 4 nitrogen and oxygen atoms in total. The van der Waals surface area contributed by atoms with Crippen molar-refractivity contribution in [1.82, 2.24) is 0 Å². The standard InChI is InChI=1S/C7H14O4P.2Li/c1-4-10-12(9,11-5-2)6-7(3)8;;/h6,8H,3-5H2,1-2H3;;/q-1;2*+1/p-1/b7-6-;;. The molecule has 0 fully saturated rings. The Hall–Kier alpha value is 0.755. The monoisotopic (exact) mass is 206 g/mol. The molecule has 0 saturated heterocycles. The van der Waals surface area contributed by atoms with Crippen molar-refractivity contribution in [3.63, 3.8) is 0 Å². The van der Waals surface area contributed by atoms with Crippen LogP contribution in [0.3, 0.4) is 0 Å². The summed E-state index contributed by atoms with van der Waals surface area (Å²) in [5.41, 5.74) is 0. The minimum Gasteiger partial charge on any atom is -0.899 e. The van der Waals surface area contributed by atoms with Gasteiger partial charge in [0.15, 0.2) is 0 Å². The molecule has 0 unspecified atom stereocenters. The first-order valence-corrected chi connectivity index (χ1v) is 5.26. The second-order valence-electron chi connectivity index (χ2n) is 1.97. The van der Waals surface area contributed by atoms with E-state index in [0.29, 0.717) is 0 Å². The summed E-state index contributed by atoms with van der Waals surface area (Å²) in [7, 11) is -3.31. The summed E-state index contributed by atoms with van der Waals surface area (Å²) in [5.74, 6) is 0.334. The van der Waals surface area contributed by atoms with Gasteiger partial charge in [-0.25, -0.2) is 0 Å². The second-order valence-corrected chi connectivity index (χ2v) is 3.83. The van der Waals surface area contributed by atoms with Gasteiger partial charge in [0.05, 0.1) is 13.2 Å². The normalized spacial score (nSPS) is 11.4. The van der Waals surface area contributed by atoms with E-state index in [9.17, 15) is 9.67 Å². The van der Waals surface area contributed by atoms with Crippen LogP contribution in [0, 0.1) is 6.92 Å². The zero-order valence-electron chi connectivity index (χ0n) is 9.28. The zero-order chi connectivity index (χ0) is 9.61. The number of hydrogen-bond acceptors (Lipinski definition) is 4. The van der Waals surface area contributed by atoms with Gasteiger partial charge >= 0.3 is 37.7 Å². The first kappa shape index (κ1) is 20.2. The molecule has 0 aromatic rings. The molecule has 0 N–H and O–H groups in total. The SMILES string of the molecule is [CH2-]/C([O-])=C/P(=O)(OCC)OCC.[Li+].[Li+]. The Morgan fingerprint density at radius 2 is 1.71 bits per heavy atom. The van der Waals surface area contributed by atoms with E-state index < -0.39 is 13.4 Å². The summed E-state index contributed by atoms with van der Waals surface area (Å²) in [4.78, 5) is 0.